The van der Waals surface area contributed by atoms with Crippen LogP contribution in [-0.4, -0.2) is 36.0 Å². The highest BCUT2D eigenvalue weighted by Gasteiger charge is 2.13. The van der Waals surface area contributed by atoms with Gasteiger partial charge in [-0.1, -0.05) is 11.8 Å². The third kappa shape index (κ3) is 3.84. The molecule has 2 heterocycles. The van der Waals surface area contributed by atoms with Crippen LogP contribution in [0, 0.1) is 11.8 Å². The summed E-state index contributed by atoms with van der Waals surface area (Å²) in [6.07, 6.45) is 0. The summed E-state index contributed by atoms with van der Waals surface area (Å²) in [5.74, 6) is 7.07. The van der Waals surface area contributed by atoms with Gasteiger partial charge < -0.3 is 19.5 Å². The van der Waals surface area contributed by atoms with Gasteiger partial charge in [0.2, 0.25) is 6.79 Å². The smallest absolute Gasteiger partial charge is 0.272 e. The van der Waals surface area contributed by atoms with Gasteiger partial charge in [0.15, 0.2) is 11.5 Å². The van der Waals surface area contributed by atoms with Gasteiger partial charge in [0, 0.05) is 12.1 Å². The average molecular weight is 327 g/mol. The van der Waals surface area contributed by atoms with Gasteiger partial charge in [-0.2, -0.15) is 5.10 Å². The molecule has 1 aromatic carbocycles. The van der Waals surface area contributed by atoms with Gasteiger partial charge in [-0.25, -0.2) is 5.10 Å². The standard InChI is InChI=1S/C16H13N3O5/c20-15-6-4-12(18-19-15)16(21)17-7-1-2-8-22-11-3-5-13-14(9-11)24-10-23-13/h3-6,9H,7-8,10H2,(H,17,21)(H,19,20). The van der Waals surface area contributed by atoms with Crippen LogP contribution in [0.1, 0.15) is 10.5 Å². The van der Waals surface area contributed by atoms with Crippen LogP contribution in [0.3, 0.4) is 0 Å². The average Bonchev–Trinajstić information content (AvgIpc) is 3.06. The molecule has 1 amide bonds. The van der Waals surface area contributed by atoms with Crippen molar-refractivity contribution in [1.82, 2.24) is 15.5 Å². The highest BCUT2D eigenvalue weighted by atomic mass is 16.7. The monoisotopic (exact) mass is 327 g/mol. The Hall–Kier alpha value is -3.47. The molecule has 0 spiro atoms. The number of aromatic nitrogens is 2. The Balaban J connectivity index is 1.42. The molecule has 1 aliphatic heterocycles. The molecule has 0 fully saturated rings. The van der Waals surface area contributed by atoms with E-state index in [2.05, 4.69) is 27.4 Å². The molecule has 0 radical (unpaired) electrons. The number of H-pyrrole nitrogens is 1. The van der Waals surface area contributed by atoms with E-state index in [1.807, 2.05) is 0 Å². The molecule has 0 bridgehead atoms. The molecule has 24 heavy (non-hydrogen) atoms. The third-order valence-electron chi connectivity index (χ3n) is 3.03. The third-order valence-corrected chi connectivity index (χ3v) is 3.03. The van der Waals surface area contributed by atoms with Crippen LogP contribution >= 0.6 is 0 Å². The van der Waals surface area contributed by atoms with Crippen molar-refractivity contribution in [3.63, 3.8) is 0 Å². The molecular weight excluding hydrogens is 314 g/mol. The highest BCUT2D eigenvalue weighted by molar-refractivity contribution is 5.92. The number of rotatable bonds is 4. The first kappa shape index (κ1) is 15.4. The minimum Gasteiger partial charge on any atom is -0.481 e. The van der Waals surface area contributed by atoms with Crippen molar-refractivity contribution >= 4 is 5.91 Å². The number of ether oxygens (including phenoxy) is 3. The zero-order valence-electron chi connectivity index (χ0n) is 12.5. The number of fused-ring (bicyclic) bond motifs is 1. The molecule has 1 aliphatic rings. The number of amides is 1. The summed E-state index contributed by atoms with van der Waals surface area (Å²) in [5, 5.41) is 8.36. The van der Waals surface area contributed by atoms with E-state index < -0.39 is 5.91 Å². The summed E-state index contributed by atoms with van der Waals surface area (Å²) in [5.41, 5.74) is -0.250. The number of aromatic amines is 1. The van der Waals surface area contributed by atoms with Crippen molar-refractivity contribution in [2.45, 2.75) is 0 Å². The number of carbonyl (C=O) groups is 1. The van der Waals surface area contributed by atoms with Gasteiger partial charge in [0.1, 0.15) is 18.1 Å². The first-order valence-electron chi connectivity index (χ1n) is 7.04. The van der Waals surface area contributed by atoms with Gasteiger partial charge in [-0.15, -0.1) is 0 Å². The molecule has 0 aliphatic carbocycles. The summed E-state index contributed by atoms with van der Waals surface area (Å²) in [4.78, 5) is 22.6. The van der Waals surface area contributed by atoms with E-state index in [4.69, 9.17) is 14.2 Å². The molecule has 1 aromatic heterocycles. The molecule has 3 rings (SSSR count). The maximum atomic E-state index is 11.7. The fourth-order valence-corrected chi connectivity index (χ4v) is 1.89. The maximum absolute atomic E-state index is 11.7. The minimum absolute atomic E-state index is 0.119. The van der Waals surface area contributed by atoms with Crippen LogP contribution in [0.5, 0.6) is 17.2 Å². The molecule has 8 heteroatoms. The lowest BCUT2D eigenvalue weighted by Gasteiger charge is -2.03. The van der Waals surface area contributed by atoms with Crippen LogP contribution < -0.4 is 25.1 Å². The summed E-state index contributed by atoms with van der Waals surface area (Å²) >= 11 is 0. The van der Waals surface area contributed by atoms with E-state index in [0.717, 1.165) is 0 Å². The Bertz CT molecular complexity index is 845. The predicted molar refractivity (Wildman–Crippen MR) is 83.0 cm³/mol. The van der Waals surface area contributed by atoms with Gasteiger partial charge in [-0.3, -0.25) is 9.59 Å². The number of benzene rings is 1. The Morgan fingerprint density at radius 2 is 2.12 bits per heavy atom. The van der Waals surface area contributed by atoms with Crippen LogP contribution in [0.15, 0.2) is 35.1 Å². The van der Waals surface area contributed by atoms with E-state index in [9.17, 15) is 9.59 Å². The van der Waals surface area contributed by atoms with E-state index in [1.165, 1.54) is 12.1 Å². The molecule has 8 nitrogen and oxygen atoms in total. The van der Waals surface area contributed by atoms with Gasteiger partial charge in [-0.05, 0) is 18.2 Å². The van der Waals surface area contributed by atoms with Crippen molar-refractivity contribution in [2.24, 2.45) is 0 Å². The Morgan fingerprint density at radius 3 is 2.96 bits per heavy atom. The van der Waals surface area contributed by atoms with Gasteiger partial charge >= 0.3 is 0 Å². The van der Waals surface area contributed by atoms with Crippen LogP contribution in [0.2, 0.25) is 0 Å². The molecule has 122 valence electrons. The normalized spacial score (nSPS) is 11.3. The molecule has 0 atom stereocenters. The summed E-state index contributed by atoms with van der Waals surface area (Å²) < 4.78 is 15.9. The lowest BCUT2D eigenvalue weighted by atomic mass is 10.3. The number of hydrogen-bond acceptors (Lipinski definition) is 6. The fourth-order valence-electron chi connectivity index (χ4n) is 1.89. The Kier molecular flexibility index (Phi) is 4.62. The number of carbonyl (C=O) groups excluding carboxylic acids is 1. The quantitative estimate of drug-likeness (QED) is 0.784. The van der Waals surface area contributed by atoms with E-state index in [-0.39, 0.29) is 31.2 Å². The number of nitrogens with zero attached hydrogens (tertiary/aromatic N) is 1. The van der Waals surface area contributed by atoms with E-state index >= 15 is 0 Å². The molecule has 0 saturated heterocycles. The maximum Gasteiger partial charge on any atom is 0.272 e. The predicted octanol–water partition coefficient (Wildman–Crippen LogP) is 0.311. The zero-order valence-corrected chi connectivity index (χ0v) is 12.5. The van der Waals surface area contributed by atoms with Crippen molar-refractivity contribution in [1.29, 1.82) is 0 Å². The first-order valence-corrected chi connectivity index (χ1v) is 7.04. The first-order chi connectivity index (χ1) is 11.7. The second-order valence-corrected chi connectivity index (χ2v) is 4.65. The lowest BCUT2D eigenvalue weighted by Crippen LogP contribution is -2.26. The van der Waals surface area contributed by atoms with Crippen molar-refractivity contribution < 1.29 is 19.0 Å². The highest BCUT2D eigenvalue weighted by Crippen LogP contribution is 2.34. The molecule has 0 unspecified atom stereocenters. The van der Waals surface area contributed by atoms with Crippen molar-refractivity contribution in [2.75, 3.05) is 19.9 Å². The van der Waals surface area contributed by atoms with Crippen molar-refractivity contribution in [3.8, 4) is 29.1 Å². The number of nitrogens with one attached hydrogen (secondary N) is 2. The fraction of sp³-hybridized carbons (Fsp3) is 0.188. The van der Waals surface area contributed by atoms with E-state index in [0.29, 0.717) is 17.2 Å². The summed E-state index contributed by atoms with van der Waals surface area (Å²) in [6.45, 7) is 0.527. The Labute approximate surface area is 136 Å². The Morgan fingerprint density at radius 1 is 1.25 bits per heavy atom. The van der Waals surface area contributed by atoms with E-state index in [1.54, 1.807) is 18.2 Å². The minimum atomic E-state index is -0.419. The second-order valence-electron chi connectivity index (χ2n) is 4.65. The topological polar surface area (TPSA) is 103 Å². The summed E-state index contributed by atoms with van der Waals surface area (Å²) in [6, 6.07) is 7.83. The van der Waals surface area contributed by atoms with Gasteiger partial charge in [0.05, 0.1) is 6.54 Å². The lowest BCUT2D eigenvalue weighted by molar-refractivity contribution is 0.0952. The summed E-state index contributed by atoms with van der Waals surface area (Å²) in [7, 11) is 0. The molecule has 0 saturated carbocycles. The molecular formula is C16H13N3O5. The SMILES string of the molecule is O=C(NCC#CCOc1ccc2c(c1)OCO2)c1ccc(=O)[nH]n1. The zero-order chi connectivity index (χ0) is 16.8. The van der Waals surface area contributed by atoms with Gasteiger partial charge in [0.25, 0.3) is 11.5 Å². The molecule has 2 aromatic rings. The van der Waals surface area contributed by atoms with Crippen molar-refractivity contribution in [3.05, 3.63) is 46.4 Å². The largest absolute Gasteiger partial charge is 0.481 e. The number of hydrogen-bond donors (Lipinski definition) is 2. The van der Waals surface area contributed by atoms with Crippen LogP contribution in [0.25, 0.3) is 0 Å². The van der Waals surface area contributed by atoms with Crippen LogP contribution in [-0.2, 0) is 0 Å². The van der Waals surface area contributed by atoms with Crippen LogP contribution in [0.4, 0.5) is 0 Å². The second kappa shape index (κ2) is 7.19. The molecule has 2 N–H and O–H groups in total.